The van der Waals surface area contributed by atoms with Crippen molar-refractivity contribution in [3.8, 4) is 0 Å². The Balaban J connectivity index is 2.24. The quantitative estimate of drug-likeness (QED) is 0.578. The first-order chi connectivity index (χ1) is 8.31. The van der Waals surface area contributed by atoms with Crippen LogP contribution in [-0.4, -0.2) is 39.9 Å². The summed E-state index contributed by atoms with van der Waals surface area (Å²) < 4.78 is 5.48. The van der Waals surface area contributed by atoms with Gasteiger partial charge in [0, 0.05) is 17.0 Å². The van der Waals surface area contributed by atoms with Gasteiger partial charge in [-0.2, -0.15) is 0 Å². The number of nitrogens with zero attached hydrogens (tertiary/aromatic N) is 1. The van der Waals surface area contributed by atoms with Crippen molar-refractivity contribution in [1.29, 1.82) is 0 Å². The molecule has 1 aliphatic carbocycles. The van der Waals surface area contributed by atoms with Gasteiger partial charge in [0.15, 0.2) is 6.10 Å². The van der Waals surface area contributed by atoms with E-state index in [0.717, 1.165) is 12.8 Å². The zero-order valence-corrected chi connectivity index (χ0v) is 13.4. The summed E-state index contributed by atoms with van der Waals surface area (Å²) in [6.07, 6.45) is 5.80. The number of methoxy groups -OCH3 is 1. The van der Waals surface area contributed by atoms with E-state index in [-0.39, 0.29) is 27.9 Å². The minimum Gasteiger partial charge on any atom is -0.369 e. The molecule has 1 saturated carbocycles. The van der Waals surface area contributed by atoms with Crippen LogP contribution in [0.5, 0.6) is 0 Å². The molecule has 3 nitrogen and oxygen atoms in total. The second-order valence-electron chi connectivity index (χ2n) is 6.58. The second-order valence-corrected chi connectivity index (χ2v) is 8.15. The minimum absolute atomic E-state index is 0.0487. The van der Waals surface area contributed by atoms with E-state index in [0.29, 0.717) is 0 Å². The van der Waals surface area contributed by atoms with Crippen LogP contribution in [0, 0.1) is 0 Å². The average Bonchev–Trinajstić information content (AvgIpc) is 2.25. The Hall–Kier alpha value is -0.0900. The molecule has 2 atom stereocenters. The minimum atomic E-state index is -0.262. The zero-order chi connectivity index (χ0) is 13.6. The fourth-order valence-corrected chi connectivity index (χ4v) is 4.38. The fraction of sp³-hybridized carbons (Fsp3) is 0.929. The molecule has 0 aromatic rings. The van der Waals surface area contributed by atoms with Crippen molar-refractivity contribution < 1.29 is 9.53 Å². The number of ether oxygens (including phenoxy) is 1. The molecule has 2 fully saturated rings. The maximum atomic E-state index is 12.2. The number of β-lactam (4-membered cyclic amide) rings is 1. The van der Waals surface area contributed by atoms with Gasteiger partial charge in [-0.25, -0.2) is 0 Å². The monoisotopic (exact) mass is 317 g/mol. The normalized spacial score (nSPS) is 32.3. The van der Waals surface area contributed by atoms with Gasteiger partial charge in [0.25, 0.3) is 5.91 Å². The maximum absolute atomic E-state index is 12.2. The molecular weight excluding hydrogens is 294 g/mol. The lowest BCUT2D eigenvalue weighted by Gasteiger charge is -2.59. The number of alkyl halides is 1. The second kappa shape index (κ2) is 4.78. The van der Waals surface area contributed by atoms with Gasteiger partial charge in [0.1, 0.15) is 0 Å². The van der Waals surface area contributed by atoms with Crippen molar-refractivity contribution in [2.75, 3.05) is 7.11 Å². The van der Waals surface area contributed by atoms with Crippen LogP contribution in [0.4, 0.5) is 0 Å². The predicted molar refractivity (Wildman–Crippen MR) is 75.9 cm³/mol. The summed E-state index contributed by atoms with van der Waals surface area (Å²) in [6, 6.07) is 0.176. The van der Waals surface area contributed by atoms with E-state index < -0.39 is 0 Å². The van der Waals surface area contributed by atoms with E-state index in [2.05, 4.69) is 36.7 Å². The zero-order valence-electron chi connectivity index (χ0n) is 11.8. The van der Waals surface area contributed by atoms with Crippen LogP contribution in [0.25, 0.3) is 0 Å². The fourth-order valence-electron chi connectivity index (χ4n) is 3.38. The van der Waals surface area contributed by atoms with Gasteiger partial charge < -0.3 is 9.64 Å². The summed E-state index contributed by atoms with van der Waals surface area (Å²) in [7, 11) is 1.65. The van der Waals surface area contributed by atoms with E-state index in [4.69, 9.17) is 4.74 Å². The molecule has 0 N–H and O–H groups in total. The van der Waals surface area contributed by atoms with E-state index in [1.807, 2.05) is 4.90 Å². The molecule has 104 valence electrons. The first-order valence-corrected chi connectivity index (χ1v) is 7.65. The molecule has 0 radical (unpaired) electrons. The molecule has 1 amide bonds. The van der Waals surface area contributed by atoms with Crippen LogP contribution in [0.2, 0.25) is 0 Å². The van der Waals surface area contributed by atoms with Crippen molar-refractivity contribution in [3.05, 3.63) is 0 Å². The van der Waals surface area contributed by atoms with Crippen LogP contribution in [0.3, 0.4) is 0 Å². The number of rotatable bonds is 2. The number of likely N-dealkylation sites (tertiary alicyclic amines) is 1. The molecule has 2 aliphatic rings. The molecule has 0 aromatic carbocycles. The number of carbonyl (C=O) groups is 1. The highest BCUT2D eigenvalue weighted by Gasteiger charge is 2.60. The lowest BCUT2D eigenvalue weighted by Crippen LogP contribution is -2.76. The Bertz CT molecular complexity index is 331. The van der Waals surface area contributed by atoms with Crippen molar-refractivity contribution in [2.24, 2.45) is 0 Å². The van der Waals surface area contributed by atoms with Crippen molar-refractivity contribution in [1.82, 2.24) is 4.90 Å². The van der Waals surface area contributed by atoms with E-state index in [1.165, 1.54) is 19.3 Å². The summed E-state index contributed by atoms with van der Waals surface area (Å²) in [5.41, 5.74) is -0.130. The SMILES string of the molecule is CO[C@@H]1C(=O)N(C(C)(C)C)[C@@H]1C1(Br)CCCCC1. The Labute approximate surface area is 118 Å². The van der Waals surface area contributed by atoms with Gasteiger partial charge in [-0.15, -0.1) is 0 Å². The number of amides is 1. The van der Waals surface area contributed by atoms with Gasteiger partial charge in [0.2, 0.25) is 0 Å². The summed E-state index contributed by atoms with van der Waals surface area (Å²) in [5.74, 6) is 0.138. The first-order valence-electron chi connectivity index (χ1n) is 6.86. The number of carbonyl (C=O) groups excluding carboxylic acids is 1. The van der Waals surface area contributed by atoms with E-state index in [9.17, 15) is 4.79 Å². The predicted octanol–water partition coefficient (Wildman–Crippen LogP) is 3.11. The molecule has 0 unspecified atom stereocenters. The Kier molecular flexibility index (Phi) is 3.81. The molecule has 0 bridgehead atoms. The Morgan fingerprint density at radius 2 is 1.83 bits per heavy atom. The summed E-state index contributed by atoms with van der Waals surface area (Å²) >= 11 is 3.94. The van der Waals surface area contributed by atoms with Crippen molar-refractivity contribution in [2.45, 2.75) is 74.9 Å². The third-order valence-corrected chi connectivity index (χ3v) is 5.50. The molecule has 0 spiro atoms. The van der Waals surface area contributed by atoms with Crippen molar-refractivity contribution >= 4 is 21.8 Å². The van der Waals surface area contributed by atoms with Crippen molar-refractivity contribution in [3.63, 3.8) is 0 Å². The molecule has 1 aliphatic heterocycles. The van der Waals surface area contributed by atoms with Crippen LogP contribution in [0.1, 0.15) is 52.9 Å². The lowest BCUT2D eigenvalue weighted by atomic mass is 9.74. The highest BCUT2D eigenvalue weighted by molar-refractivity contribution is 9.10. The topological polar surface area (TPSA) is 29.5 Å². The Morgan fingerprint density at radius 1 is 1.28 bits per heavy atom. The molecule has 1 heterocycles. The standard InChI is InChI=1S/C14H24BrNO2/c1-13(2,3)16-11(10(18-4)12(16)17)14(15)8-6-5-7-9-14/h10-11H,5-9H2,1-4H3/t10-,11-/m0/s1. The number of halogens is 1. The third-order valence-electron chi connectivity index (χ3n) is 4.24. The Morgan fingerprint density at radius 3 is 2.28 bits per heavy atom. The van der Waals surface area contributed by atoms with Crippen LogP contribution in [0.15, 0.2) is 0 Å². The maximum Gasteiger partial charge on any atom is 0.254 e. The average molecular weight is 318 g/mol. The van der Waals surface area contributed by atoms with Crippen LogP contribution >= 0.6 is 15.9 Å². The van der Waals surface area contributed by atoms with Crippen LogP contribution < -0.4 is 0 Å². The number of hydrogen-bond acceptors (Lipinski definition) is 2. The largest absolute Gasteiger partial charge is 0.369 e. The molecule has 18 heavy (non-hydrogen) atoms. The van der Waals surface area contributed by atoms with E-state index >= 15 is 0 Å². The van der Waals surface area contributed by atoms with E-state index in [1.54, 1.807) is 7.11 Å². The molecular formula is C14H24BrNO2. The first kappa shape index (κ1) is 14.3. The molecule has 2 rings (SSSR count). The summed E-state index contributed by atoms with van der Waals surface area (Å²) in [4.78, 5) is 14.2. The molecule has 0 aromatic heterocycles. The highest BCUT2D eigenvalue weighted by Crippen LogP contribution is 2.48. The molecule has 4 heteroatoms. The third kappa shape index (κ3) is 2.22. The van der Waals surface area contributed by atoms with Crippen LogP contribution in [-0.2, 0) is 9.53 Å². The molecule has 1 saturated heterocycles. The van der Waals surface area contributed by atoms with Gasteiger partial charge >= 0.3 is 0 Å². The number of hydrogen-bond donors (Lipinski definition) is 0. The lowest BCUT2D eigenvalue weighted by molar-refractivity contribution is -0.185. The van der Waals surface area contributed by atoms with Gasteiger partial charge in [0.05, 0.1) is 6.04 Å². The smallest absolute Gasteiger partial charge is 0.254 e. The highest BCUT2D eigenvalue weighted by atomic mass is 79.9. The summed E-state index contributed by atoms with van der Waals surface area (Å²) in [6.45, 7) is 6.30. The summed E-state index contributed by atoms with van der Waals surface area (Å²) in [5, 5.41) is 0. The van der Waals surface area contributed by atoms with Gasteiger partial charge in [-0.3, -0.25) is 4.79 Å². The van der Waals surface area contributed by atoms with Gasteiger partial charge in [-0.1, -0.05) is 35.2 Å². The van der Waals surface area contributed by atoms with Gasteiger partial charge in [-0.05, 0) is 33.6 Å².